The van der Waals surface area contributed by atoms with Gasteiger partial charge in [-0.05, 0) is 92.5 Å². The molecule has 1 saturated carbocycles. The van der Waals surface area contributed by atoms with Crippen molar-refractivity contribution in [3.05, 3.63) is 106 Å². The van der Waals surface area contributed by atoms with E-state index in [1.165, 1.54) is 13.2 Å². The second-order valence-electron chi connectivity index (χ2n) is 10.8. The highest BCUT2D eigenvalue weighted by Crippen LogP contribution is 2.28. The second-order valence-corrected chi connectivity index (χ2v) is 12.5. The van der Waals surface area contributed by atoms with E-state index in [0.717, 1.165) is 53.6 Å². The summed E-state index contributed by atoms with van der Waals surface area (Å²) in [5.41, 5.74) is 5.16. The van der Waals surface area contributed by atoms with Crippen molar-refractivity contribution in [3.63, 3.8) is 0 Å². The molecule has 2 aromatic rings. The van der Waals surface area contributed by atoms with Gasteiger partial charge in [0.15, 0.2) is 0 Å². The molecule has 2 N–H and O–H groups in total. The molecule has 0 atom stereocenters. The van der Waals surface area contributed by atoms with Crippen LogP contribution in [0.5, 0.6) is 5.75 Å². The van der Waals surface area contributed by atoms with E-state index in [2.05, 4.69) is 23.2 Å². The minimum atomic E-state index is -4.14. The van der Waals surface area contributed by atoms with Crippen LogP contribution in [-0.4, -0.2) is 44.7 Å². The van der Waals surface area contributed by atoms with Crippen molar-refractivity contribution in [3.8, 4) is 5.75 Å². The van der Waals surface area contributed by atoms with E-state index in [1.807, 2.05) is 37.7 Å². The normalized spacial score (nSPS) is 14.5. The van der Waals surface area contributed by atoms with Gasteiger partial charge in [0, 0.05) is 37.5 Å². The number of ether oxygens (including phenoxy) is 2. The molecule has 236 valence electrons. The van der Waals surface area contributed by atoms with Crippen molar-refractivity contribution in [2.75, 3.05) is 13.7 Å². The number of carbonyl (C=O) groups excluding carboxylic acids is 2. The van der Waals surface area contributed by atoms with Gasteiger partial charge in [0.2, 0.25) is 0 Å². The van der Waals surface area contributed by atoms with Crippen LogP contribution in [0.4, 0.5) is 4.79 Å². The monoisotopic (exact) mass is 621 g/mol. The van der Waals surface area contributed by atoms with Gasteiger partial charge in [-0.25, -0.2) is 17.9 Å². The van der Waals surface area contributed by atoms with Crippen LogP contribution in [0, 0.1) is 6.92 Å². The molecule has 0 aliphatic heterocycles. The van der Waals surface area contributed by atoms with Crippen LogP contribution in [0.3, 0.4) is 0 Å². The zero-order chi connectivity index (χ0) is 32.4. The van der Waals surface area contributed by atoms with Gasteiger partial charge in [0.25, 0.3) is 15.9 Å². The van der Waals surface area contributed by atoms with Crippen molar-refractivity contribution >= 4 is 28.1 Å². The topological polar surface area (TPSA) is 116 Å². The summed E-state index contributed by atoms with van der Waals surface area (Å²) in [5, 5.41) is 2.83. The number of carbonyl (C=O) groups is 2. The van der Waals surface area contributed by atoms with E-state index in [0.29, 0.717) is 17.7 Å². The summed E-state index contributed by atoms with van der Waals surface area (Å²) in [4.78, 5) is 25.0. The number of sulfonamides is 1. The maximum atomic E-state index is 12.9. The molecule has 3 rings (SSSR count). The van der Waals surface area contributed by atoms with Crippen molar-refractivity contribution < 1.29 is 27.5 Å². The average Bonchev–Trinajstić information content (AvgIpc) is 3.60. The van der Waals surface area contributed by atoms with Crippen molar-refractivity contribution in [2.45, 2.75) is 59.0 Å². The summed E-state index contributed by atoms with van der Waals surface area (Å²) < 4.78 is 40.7. The Morgan fingerprint density at radius 3 is 2.52 bits per heavy atom. The van der Waals surface area contributed by atoms with E-state index in [4.69, 9.17) is 9.47 Å². The number of nitrogens with zero attached hydrogens (tertiary/aromatic N) is 1. The molecular weight excluding hydrogens is 578 g/mol. The Morgan fingerprint density at radius 1 is 1.18 bits per heavy atom. The van der Waals surface area contributed by atoms with Crippen molar-refractivity contribution in [2.24, 2.45) is 7.05 Å². The number of amides is 2. The number of hydrogen-bond donors (Lipinski definition) is 2. The number of alkyl carbamates (subject to hydrolysis) is 1. The lowest BCUT2D eigenvalue weighted by Crippen LogP contribution is -2.31. The van der Waals surface area contributed by atoms with Crippen LogP contribution < -0.4 is 14.8 Å². The fraction of sp³-hybridized carbons (Fsp3) is 0.353. The predicted molar refractivity (Wildman–Crippen MR) is 175 cm³/mol. The third kappa shape index (κ3) is 8.86. The maximum Gasteiger partial charge on any atom is 0.407 e. The van der Waals surface area contributed by atoms with E-state index >= 15 is 0 Å². The Balaban J connectivity index is 1.79. The van der Waals surface area contributed by atoms with E-state index in [-0.39, 0.29) is 23.1 Å². The number of benzene rings is 1. The first-order valence-corrected chi connectivity index (χ1v) is 16.0. The first kappa shape index (κ1) is 34.2. The van der Waals surface area contributed by atoms with Crippen LogP contribution in [-0.2, 0) is 28.2 Å². The molecule has 1 aromatic carbocycles. The molecule has 1 fully saturated rings. The SMILES string of the molecule is C=C/C(=C\c1c(Cc2ccc(C(=O)NS(=O)(=O)C(=C)/C(C)=C\C=C/C)cc2OC)cn(C)c1C)CNC(=O)OC1CCCC1. The zero-order valence-electron chi connectivity index (χ0n) is 26.2. The first-order chi connectivity index (χ1) is 20.9. The number of allylic oxidation sites excluding steroid dienone is 4. The van der Waals surface area contributed by atoms with Crippen molar-refractivity contribution in [1.82, 2.24) is 14.6 Å². The molecule has 0 unspecified atom stereocenters. The molecule has 0 saturated heterocycles. The van der Waals surface area contributed by atoms with Gasteiger partial charge in [-0.2, -0.15) is 0 Å². The molecular formula is C34H43N3O6S. The van der Waals surface area contributed by atoms with E-state index in [1.54, 1.807) is 43.4 Å². The zero-order valence-corrected chi connectivity index (χ0v) is 27.1. The minimum Gasteiger partial charge on any atom is -0.496 e. The number of hydrogen-bond acceptors (Lipinski definition) is 6. The van der Waals surface area contributed by atoms with Crippen molar-refractivity contribution in [1.29, 1.82) is 0 Å². The summed E-state index contributed by atoms with van der Waals surface area (Å²) in [6.45, 7) is 13.3. The average molecular weight is 622 g/mol. The molecule has 0 spiro atoms. The predicted octanol–water partition coefficient (Wildman–Crippen LogP) is 6.27. The maximum absolute atomic E-state index is 12.9. The van der Waals surface area contributed by atoms with Gasteiger partial charge in [0.05, 0.1) is 12.0 Å². The minimum absolute atomic E-state index is 0.0139. The summed E-state index contributed by atoms with van der Waals surface area (Å²) in [6.07, 6.45) is 14.8. The Hall–Kier alpha value is -4.31. The van der Waals surface area contributed by atoms with Crippen LogP contribution >= 0.6 is 0 Å². The number of aryl methyl sites for hydroxylation is 1. The van der Waals surface area contributed by atoms with E-state index < -0.39 is 22.0 Å². The molecule has 0 bridgehead atoms. The number of aromatic nitrogens is 1. The van der Waals surface area contributed by atoms with Gasteiger partial charge < -0.3 is 19.4 Å². The largest absolute Gasteiger partial charge is 0.496 e. The third-order valence-corrected chi connectivity index (χ3v) is 9.10. The van der Waals surface area contributed by atoms with Gasteiger partial charge >= 0.3 is 6.09 Å². The highest BCUT2D eigenvalue weighted by Gasteiger charge is 2.22. The molecule has 1 aromatic heterocycles. The lowest BCUT2D eigenvalue weighted by Gasteiger charge is -2.13. The molecule has 10 heteroatoms. The van der Waals surface area contributed by atoms with Crippen LogP contribution in [0.1, 0.15) is 72.3 Å². The summed E-state index contributed by atoms with van der Waals surface area (Å²) in [6, 6.07) is 4.83. The number of methoxy groups -OCH3 is 1. The Bertz CT molecular complexity index is 1610. The molecule has 9 nitrogen and oxygen atoms in total. The molecule has 1 aliphatic rings. The molecule has 1 aliphatic carbocycles. The highest BCUT2D eigenvalue weighted by molar-refractivity contribution is 7.94. The lowest BCUT2D eigenvalue weighted by atomic mass is 9.99. The standard InChI is InChI=1S/C34H43N3O6S/c1-8-10-13-23(3)25(5)44(40,41)36-33(38)28-17-16-27(32(20-28)42-7)19-29-22-37(6)24(4)31(29)18-26(9-2)21-35-34(39)43-30-14-11-12-15-30/h8-10,13,16-18,20,22,30H,2,5,11-12,14-15,19,21H2,1,3-4,6-7H3,(H,35,39)(H,36,38)/b10-8-,23-13-,26-18+. The number of rotatable bonds is 13. The first-order valence-electron chi connectivity index (χ1n) is 14.5. The van der Waals surface area contributed by atoms with Crippen LogP contribution in [0.25, 0.3) is 6.08 Å². The summed E-state index contributed by atoms with van der Waals surface area (Å²) in [7, 11) is -0.691. The Labute approximate surface area is 261 Å². The molecule has 0 radical (unpaired) electrons. The van der Waals surface area contributed by atoms with Gasteiger partial charge in [-0.15, -0.1) is 0 Å². The van der Waals surface area contributed by atoms with Crippen LogP contribution in [0.15, 0.2) is 77.9 Å². The van der Waals surface area contributed by atoms with Gasteiger partial charge in [-0.1, -0.05) is 43.5 Å². The quantitative estimate of drug-likeness (QED) is 0.255. The molecule has 2 amide bonds. The lowest BCUT2D eigenvalue weighted by molar-refractivity contribution is 0.0979. The van der Waals surface area contributed by atoms with Crippen LogP contribution in [0.2, 0.25) is 0 Å². The second kappa shape index (κ2) is 15.4. The van der Waals surface area contributed by atoms with E-state index in [9.17, 15) is 18.0 Å². The number of nitrogens with one attached hydrogen (secondary N) is 2. The fourth-order valence-electron chi connectivity index (χ4n) is 4.93. The van der Waals surface area contributed by atoms with Gasteiger partial charge in [-0.3, -0.25) is 4.79 Å². The highest BCUT2D eigenvalue weighted by atomic mass is 32.2. The molecule has 44 heavy (non-hydrogen) atoms. The third-order valence-electron chi connectivity index (χ3n) is 7.68. The Morgan fingerprint density at radius 2 is 1.89 bits per heavy atom. The fourth-order valence-corrected chi connectivity index (χ4v) is 5.90. The summed E-state index contributed by atoms with van der Waals surface area (Å²) in [5.74, 6) is -0.349. The smallest absolute Gasteiger partial charge is 0.407 e. The Kier molecular flexibility index (Phi) is 12.0. The van der Waals surface area contributed by atoms with Gasteiger partial charge in [0.1, 0.15) is 11.9 Å². The molecule has 1 heterocycles. The summed E-state index contributed by atoms with van der Waals surface area (Å²) >= 11 is 0.